The first kappa shape index (κ1) is 9.38. The Morgan fingerprint density at radius 2 is 2.29 bits per heavy atom. The van der Waals surface area contributed by atoms with Crippen LogP contribution in [0.3, 0.4) is 0 Å². The summed E-state index contributed by atoms with van der Waals surface area (Å²) in [6, 6.07) is 6.61. The maximum absolute atomic E-state index is 13.0. The van der Waals surface area contributed by atoms with E-state index in [2.05, 4.69) is 0 Å². The molecule has 1 aliphatic carbocycles. The highest BCUT2D eigenvalue weighted by atomic mass is 19.1. The fraction of sp³-hybridized carbons (Fsp3) is 0.417. The minimum atomic E-state index is -0.209. The van der Waals surface area contributed by atoms with E-state index in [4.69, 9.17) is 0 Å². The second-order valence-electron chi connectivity index (χ2n) is 3.90. The number of aldehydes is 1. The normalized spacial score (nSPS) is 17.8. The first-order valence-electron chi connectivity index (χ1n) is 5.00. The van der Waals surface area contributed by atoms with Gasteiger partial charge in [0, 0.05) is 6.42 Å². The van der Waals surface area contributed by atoms with Gasteiger partial charge in [0.25, 0.3) is 0 Å². The minimum absolute atomic E-state index is 0.209. The third kappa shape index (κ3) is 2.00. The molecule has 0 radical (unpaired) electrons. The molecular formula is C12H13FO. The Morgan fingerprint density at radius 1 is 1.50 bits per heavy atom. The van der Waals surface area contributed by atoms with Crippen LogP contribution in [0.1, 0.15) is 30.7 Å². The van der Waals surface area contributed by atoms with E-state index in [1.165, 1.54) is 18.9 Å². The van der Waals surface area contributed by atoms with Crippen LogP contribution in [0.2, 0.25) is 0 Å². The number of rotatable bonds is 4. The molecule has 74 valence electrons. The molecule has 0 N–H and O–H groups in total. The van der Waals surface area contributed by atoms with E-state index >= 15 is 0 Å². The third-order valence-corrected chi connectivity index (χ3v) is 2.82. The van der Waals surface area contributed by atoms with Gasteiger partial charge in [-0.05, 0) is 42.4 Å². The second-order valence-corrected chi connectivity index (χ2v) is 3.90. The van der Waals surface area contributed by atoms with Crippen molar-refractivity contribution in [1.29, 1.82) is 0 Å². The lowest BCUT2D eigenvalue weighted by molar-refractivity contribution is -0.108. The zero-order valence-corrected chi connectivity index (χ0v) is 7.95. The molecule has 1 nitrogen and oxygen atoms in total. The van der Waals surface area contributed by atoms with Crippen molar-refractivity contribution in [1.82, 2.24) is 0 Å². The molecular weight excluding hydrogens is 179 g/mol. The maximum Gasteiger partial charge on any atom is 0.123 e. The Labute approximate surface area is 82.9 Å². The van der Waals surface area contributed by atoms with Crippen molar-refractivity contribution in [3.05, 3.63) is 35.6 Å². The number of carbonyl (C=O) groups is 1. The molecule has 0 amide bonds. The van der Waals surface area contributed by atoms with Gasteiger partial charge in [0.1, 0.15) is 12.1 Å². The molecule has 0 saturated heterocycles. The monoisotopic (exact) mass is 192 g/mol. The van der Waals surface area contributed by atoms with Crippen molar-refractivity contribution in [2.45, 2.75) is 25.2 Å². The molecule has 2 heteroatoms. The van der Waals surface area contributed by atoms with Crippen molar-refractivity contribution >= 4 is 6.29 Å². The Bertz CT molecular complexity index is 331. The van der Waals surface area contributed by atoms with E-state index in [1.807, 2.05) is 6.07 Å². The largest absolute Gasteiger partial charge is 0.303 e. The Hall–Kier alpha value is -1.18. The number of halogens is 1. The molecule has 0 aromatic heterocycles. The summed E-state index contributed by atoms with van der Waals surface area (Å²) in [4.78, 5) is 10.5. The van der Waals surface area contributed by atoms with Crippen molar-refractivity contribution in [3.8, 4) is 0 Å². The lowest BCUT2D eigenvalue weighted by atomic mass is 9.91. The third-order valence-electron chi connectivity index (χ3n) is 2.82. The average Bonchev–Trinajstić information content (AvgIpc) is 2.97. The van der Waals surface area contributed by atoms with E-state index in [0.717, 1.165) is 11.8 Å². The summed E-state index contributed by atoms with van der Waals surface area (Å²) < 4.78 is 13.0. The van der Waals surface area contributed by atoms with Gasteiger partial charge in [-0.2, -0.15) is 0 Å². The highest BCUT2D eigenvalue weighted by Gasteiger charge is 2.31. The predicted octanol–water partition coefficient (Wildman–Crippen LogP) is 2.91. The fourth-order valence-corrected chi connectivity index (χ4v) is 1.94. The summed E-state index contributed by atoms with van der Waals surface area (Å²) in [6.07, 6.45) is 3.81. The zero-order chi connectivity index (χ0) is 9.97. The molecule has 2 rings (SSSR count). The van der Waals surface area contributed by atoms with Crippen LogP contribution in [0.15, 0.2) is 24.3 Å². The molecule has 0 heterocycles. The van der Waals surface area contributed by atoms with Crippen LogP contribution in [-0.2, 0) is 4.79 Å². The molecule has 1 saturated carbocycles. The van der Waals surface area contributed by atoms with E-state index < -0.39 is 0 Å². The van der Waals surface area contributed by atoms with Gasteiger partial charge < -0.3 is 4.79 Å². The van der Waals surface area contributed by atoms with E-state index in [1.54, 1.807) is 12.1 Å². The van der Waals surface area contributed by atoms with Crippen LogP contribution < -0.4 is 0 Å². The summed E-state index contributed by atoms with van der Waals surface area (Å²) in [7, 11) is 0. The number of hydrogen-bond donors (Lipinski definition) is 0. The van der Waals surface area contributed by atoms with Gasteiger partial charge in [-0.25, -0.2) is 4.39 Å². The molecule has 0 aliphatic heterocycles. The summed E-state index contributed by atoms with van der Waals surface area (Å²) in [5, 5.41) is 0. The summed E-state index contributed by atoms with van der Waals surface area (Å²) >= 11 is 0. The van der Waals surface area contributed by atoms with Gasteiger partial charge in [0.05, 0.1) is 0 Å². The quantitative estimate of drug-likeness (QED) is 0.670. The molecule has 14 heavy (non-hydrogen) atoms. The standard InChI is InChI=1S/C12H13FO/c13-11-3-1-2-10(8-11)12(6-7-14)9-4-5-9/h1-3,7-9,12H,4-6H2. The zero-order valence-electron chi connectivity index (χ0n) is 7.95. The topological polar surface area (TPSA) is 17.1 Å². The number of hydrogen-bond acceptors (Lipinski definition) is 1. The molecule has 1 fully saturated rings. The fourth-order valence-electron chi connectivity index (χ4n) is 1.94. The van der Waals surface area contributed by atoms with Crippen LogP contribution in [0.5, 0.6) is 0 Å². The molecule has 0 spiro atoms. The summed E-state index contributed by atoms with van der Waals surface area (Å²) in [6.45, 7) is 0. The number of benzene rings is 1. The molecule has 1 unspecified atom stereocenters. The van der Waals surface area contributed by atoms with Gasteiger partial charge in [-0.3, -0.25) is 0 Å². The Kier molecular flexibility index (Phi) is 2.62. The van der Waals surface area contributed by atoms with Gasteiger partial charge >= 0.3 is 0 Å². The van der Waals surface area contributed by atoms with Crippen molar-refractivity contribution in [2.24, 2.45) is 5.92 Å². The minimum Gasteiger partial charge on any atom is -0.303 e. The van der Waals surface area contributed by atoms with E-state index in [-0.39, 0.29) is 11.7 Å². The maximum atomic E-state index is 13.0. The van der Waals surface area contributed by atoms with Crippen molar-refractivity contribution < 1.29 is 9.18 Å². The lowest BCUT2D eigenvalue weighted by Crippen LogP contribution is -2.02. The Balaban J connectivity index is 2.20. The summed E-state index contributed by atoms with van der Waals surface area (Å²) in [5.41, 5.74) is 0.972. The van der Waals surface area contributed by atoms with Crippen molar-refractivity contribution in [3.63, 3.8) is 0 Å². The first-order chi connectivity index (χ1) is 6.81. The first-order valence-corrected chi connectivity index (χ1v) is 5.00. The van der Waals surface area contributed by atoms with Crippen molar-refractivity contribution in [2.75, 3.05) is 0 Å². The van der Waals surface area contributed by atoms with Crippen LogP contribution in [-0.4, -0.2) is 6.29 Å². The molecule has 1 aromatic carbocycles. The van der Waals surface area contributed by atoms with Crippen LogP contribution in [0, 0.1) is 11.7 Å². The SMILES string of the molecule is O=CCC(c1cccc(F)c1)C1CC1. The van der Waals surface area contributed by atoms with E-state index in [0.29, 0.717) is 12.3 Å². The Morgan fingerprint density at radius 3 is 2.86 bits per heavy atom. The molecule has 0 bridgehead atoms. The summed E-state index contributed by atoms with van der Waals surface area (Å²) in [5.74, 6) is 0.629. The van der Waals surface area contributed by atoms with Gasteiger partial charge in [0.15, 0.2) is 0 Å². The number of carbonyl (C=O) groups excluding carboxylic acids is 1. The lowest BCUT2D eigenvalue weighted by Gasteiger charge is -2.13. The van der Waals surface area contributed by atoms with Gasteiger partial charge in [-0.15, -0.1) is 0 Å². The molecule has 1 aromatic rings. The van der Waals surface area contributed by atoms with E-state index in [9.17, 15) is 9.18 Å². The highest BCUT2D eigenvalue weighted by Crippen LogP contribution is 2.44. The highest BCUT2D eigenvalue weighted by molar-refractivity contribution is 5.52. The second kappa shape index (κ2) is 3.91. The van der Waals surface area contributed by atoms with Crippen LogP contribution in [0.4, 0.5) is 4.39 Å². The van der Waals surface area contributed by atoms with Gasteiger partial charge in [0.2, 0.25) is 0 Å². The van der Waals surface area contributed by atoms with Crippen LogP contribution >= 0.6 is 0 Å². The predicted molar refractivity (Wildman–Crippen MR) is 52.5 cm³/mol. The van der Waals surface area contributed by atoms with Crippen LogP contribution in [0.25, 0.3) is 0 Å². The average molecular weight is 192 g/mol. The van der Waals surface area contributed by atoms with Gasteiger partial charge in [-0.1, -0.05) is 12.1 Å². The molecule has 1 atom stereocenters. The molecule has 1 aliphatic rings. The smallest absolute Gasteiger partial charge is 0.123 e.